The highest BCUT2D eigenvalue weighted by molar-refractivity contribution is 5.84. The maximum atomic E-state index is 11.5. The monoisotopic (exact) mass is 259 g/mol. The number of carbonyl (C=O) groups excluding carboxylic acids is 2. The maximum absolute atomic E-state index is 11.5. The predicted octanol–water partition coefficient (Wildman–Crippen LogP) is -0.805. The third-order valence-electron chi connectivity index (χ3n) is 2.59. The minimum absolute atomic E-state index is 0.0205. The Morgan fingerprint density at radius 3 is 2.22 bits per heavy atom. The molecule has 7 nitrogen and oxygen atoms in total. The van der Waals surface area contributed by atoms with Gasteiger partial charge >= 0.3 is 5.97 Å². The van der Waals surface area contributed by atoms with Gasteiger partial charge in [-0.15, -0.1) is 0 Å². The Kier molecular flexibility index (Phi) is 6.96. The molecule has 0 fully saturated rings. The number of aliphatic carboxylic acids is 1. The highest BCUT2D eigenvalue weighted by atomic mass is 16.4. The Morgan fingerprint density at radius 1 is 1.28 bits per heavy atom. The lowest BCUT2D eigenvalue weighted by Gasteiger charge is -2.18. The molecule has 2 unspecified atom stereocenters. The number of carboxylic acid groups (broad SMARTS) is 1. The normalized spacial score (nSPS) is 14.0. The van der Waals surface area contributed by atoms with E-state index in [2.05, 4.69) is 5.32 Å². The van der Waals surface area contributed by atoms with Crippen LogP contribution in [0.5, 0.6) is 0 Å². The number of rotatable bonds is 8. The van der Waals surface area contributed by atoms with Gasteiger partial charge in [-0.25, -0.2) is 4.79 Å². The van der Waals surface area contributed by atoms with Crippen LogP contribution >= 0.6 is 0 Å². The van der Waals surface area contributed by atoms with Crippen molar-refractivity contribution in [3.8, 4) is 0 Å². The summed E-state index contributed by atoms with van der Waals surface area (Å²) in [7, 11) is 0. The summed E-state index contributed by atoms with van der Waals surface area (Å²) in [5.41, 5.74) is 10.6. The average molecular weight is 259 g/mol. The zero-order valence-electron chi connectivity index (χ0n) is 10.7. The summed E-state index contributed by atoms with van der Waals surface area (Å²) in [5, 5.41) is 11.2. The molecule has 0 aromatic rings. The van der Waals surface area contributed by atoms with Crippen LogP contribution in [-0.2, 0) is 14.4 Å². The standard InChI is InChI=1S/C11H21N3O4/c1-6(2)7(12)5-10(16)14-8(11(17)18)3-4-9(13)15/h6-8H,3-5,12H2,1-2H3,(H2,13,15)(H,14,16)(H,17,18). The van der Waals surface area contributed by atoms with Gasteiger partial charge in [-0.3, -0.25) is 9.59 Å². The van der Waals surface area contributed by atoms with E-state index >= 15 is 0 Å². The summed E-state index contributed by atoms with van der Waals surface area (Å²) in [5.74, 6) is -2.10. The van der Waals surface area contributed by atoms with Crippen LogP contribution in [0.3, 0.4) is 0 Å². The molecule has 104 valence electrons. The number of carboxylic acids is 1. The zero-order valence-corrected chi connectivity index (χ0v) is 10.7. The van der Waals surface area contributed by atoms with Gasteiger partial charge in [0.1, 0.15) is 6.04 Å². The predicted molar refractivity (Wildman–Crippen MR) is 65.4 cm³/mol. The van der Waals surface area contributed by atoms with Crippen LogP contribution in [0.4, 0.5) is 0 Å². The second-order valence-electron chi connectivity index (χ2n) is 4.58. The van der Waals surface area contributed by atoms with E-state index in [4.69, 9.17) is 16.6 Å². The number of carbonyl (C=O) groups is 3. The van der Waals surface area contributed by atoms with E-state index < -0.39 is 23.8 Å². The molecule has 0 saturated carbocycles. The van der Waals surface area contributed by atoms with Crippen molar-refractivity contribution < 1.29 is 19.5 Å². The fourth-order valence-corrected chi connectivity index (χ4v) is 1.25. The Balaban J connectivity index is 4.28. The van der Waals surface area contributed by atoms with Crippen LogP contribution in [0.15, 0.2) is 0 Å². The maximum Gasteiger partial charge on any atom is 0.326 e. The third kappa shape index (κ3) is 6.85. The second kappa shape index (κ2) is 7.65. The summed E-state index contributed by atoms with van der Waals surface area (Å²) in [6, 6.07) is -1.43. The fourth-order valence-electron chi connectivity index (χ4n) is 1.25. The summed E-state index contributed by atoms with van der Waals surface area (Å²) in [4.78, 5) is 33.0. The molecule has 0 aliphatic rings. The molecule has 0 heterocycles. The van der Waals surface area contributed by atoms with Gasteiger partial charge in [0.25, 0.3) is 0 Å². The van der Waals surface area contributed by atoms with Crippen molar-refractivity contribution in [2.75, 3.05) is 0 Å². The first-order valence-electron chi connectivity index (χ1n) is 5.80. The minimum Gasteiger partial charge on any atom is -0.480 e. The van der Waals surface area contributed by atoms with Crippen LogP contribution in [0.2, 0.25) is 0 Å². The topological polar surface area (TPSA) is 136 Å². The molecular formula is C11H21N3O4. The molecule has 2 amide bonds. The SMILES string of the molecule is CC(C)C(N)CC(=O)NC(CCC(N)=O)C(=O)O. The first kappa shape index (κ1) is 16.4. The van der Waals surface area contributed by atoms with Gasteiger partial charge in [-0.1, -0.05) is 13.8 Å². The van der Waals surface area contributed by atoms with E-state index in [-0.39, 0.29) is 31.2 Å². The van der Waals surface area contributed by atoms with Crippen LogP contribution in [-0.4, -0.2) is 35.0 Å². The Morgan fingerprint density at radius 2 is 1.83 bits per heavy atom. The molecule has 0 spiro atoms. The first-order valence-corrected chi connectivity index (χ1v) is 5.80. The molecule has 0 aromatic heterocycles. The molecule has 0 aromatic carbocycles. The van der Waals surface area contributed by atoms with Crippen molar-refractivity contribution in [1.29, 1.82) is 0 Å². The number of hydrogen-bond donors (Lipinski definition) is 4. The highest BCUT2D eigenvalue weighted by Crippen LogP contribution is 2.04. The number of primary amides is 1. The molecule has 7 heteroatoms. The fraction of sp³-hybridized carbons (Fsp3) is 0.727. The number of amides is 2. The van der Waals surface area contributed by atoms with Crippen molar-refractivity contribution in [3.63, 3.8) is 0 Å². The summed E-state index contributed by atoms with van der Waals surface area (Å²) in [6.07, 6.45) is -0.0567. The molecule has 0 aliphatic heterocycles. The third-order valence-corrected chi connectivity index (χ3v) is 2.59. The minimum atomic E-state index is -1.19. The van der Waals surface area contributed by atoms with Gasteiger partial charge in [-0.2, -0.15) is 0 Å². The Labute approximate surface area is 106 Å². The molecule has 18 heavy (non-hydrogen) atoms. The molecule has 0 aliphatic carbocycles. The lowest BCUT2D eigenvalue weighted by atomic mass is 10.0. The number of nitrogens with two attached hydrogens (primary N) is 2. The summed E-state index contributed by atoms with van der Waals surface area (Å²) >= 11 is 0. The summed E-state index contributed by atoms with van der Waals surface area (Å²) < 4.78 is 0. The lowest BCUT2D eigenvalue weighted by Crippen LogP contribution is -2.44. The summed E-state index contributed by atoms with van der Waals surface area (Å²) in [6.45, 7) is 3.75. The van der Waals surface area contributed by atoms with Gasteiger partial charge in [0.15, 0.2) is 0 Å². The highest BCUT2D eigenvalue weighted by Gasteiger charge is 2.22. The molecule has 0 rings (SSSR count). The average Bonchev–Trinajstić information content (AvgIpc) is 2.23. The van der Waals surface area contributed by atoms with E-state index in [1.807, 2.05) is 13.8 Å². The van der Waals surface area contributed by atoms with Crippen LogP contribution in [0.1, 0.15) is 33.1 Å². The van der Waals surface area contributed by atoms with E-state index in [9.17, 15) is 14.4 Å². The van der Waals surface area contributed by atoms with Crippen LogP contribution < -0.4 is 16.8 Å². The van der Waals surface area contributed by atoms with Gasteiger partial charge in [0.2, 0.25) is 11.8 Å². The van der Waals surface area contributed by atoms with E-state index in [1.165, 1.54) is 0 Å². The number of hydrogen-bond acceptors (Lipinski definition) is 4. The first-order chi connectivity index (χ1) is 8.23. The van der Waals surface area contributed by atoms with Crippen LogP contribution in [0, 0.1) is 5.92 Å². The molecule has 0 saturated heterocycles. The van der Waals surface area contributed by atoms with Crippen molar-refractivity contribution in [1.82, 2.24) is 5.32 Å². The van der Waals surface area contributed by atoms with Gasteiger partial charge in [-0.05, 0) is 12.3 Å². The molecule has 6 N–H and O–H groups in total. The van der Waals surface area contributed by atoms with Crippen molar-refractivity contribution in [2.45, 2.75) is 45.2 Å². The molecular weight excluding hydrogens is 238 g/mol. The van der Waals surface area contributed by atoms with E-state index in [0.717, 1.165) is 0 Å². The molecule has 0 bridgehead atoms. The zero-order chi connectivity index (χ0) is 14.3. The van der Waals surface area contributed by atoms with Gasteiger partial charge in [0, 0.05) is 18.9 Å². The Bertz CT molecular complexity index is 317. The van der Waals surface area contributed by atoms with Gasteiger partial charge < -0.3 is 21.9 Å². The van der Waals surface area contributed by atoms with Crippen LogP contribution in [0.25, 0.3) is 0 Å². The lowest BCUT2D eigenvalue weighted by molar-refractivity contribution is -0.142. The number of nitrogens with one attached hydrogen (secondary N) is 1. The van der Waals surface area contributed by atoms with E-state index in [1.54, 1.807) is 0 Å². The van der Waals surface area contributed by atoms with Crippen molar-refractivity contribution in [3.05, 3.63) is 0 Å². The quantitative estimate of drug-likeness (QED) is 0.452. The Hall–Kier alpha value is -1.63. The largest absolute Gasteiger partial charge is 0.480 e. The second-order valence-corrected chi connectivity index (χ2v) is 4.58. The smallest absolute Gasteiger partial charge is 0.326 e. The van der Waals surface area contributed by atoms with Crippen molar-refractivity contribution in [2.24, 2.45) is 17.4 Å². The van der Waals surface area contributed by atoms with E-state index in [0.29, 0.717) is 0 Å². The molecule has 0 radical (unpaired) electrons. The van der Waals surface area contributed by atoms with Gasteiger partial charge in [0.05, 0.1) is 0 Å². The molecule has 2 atom stereocenters. The van der Waals surface area contributed by atoms with Crippen molar-refractivity contribution >= 4 is 17.8 Å².